The van der Waals surface area contributed by atoms with Crippen LogP contribution in [-0.2, 0) is 17.8 Å². The number of aromatic amines is 1. The van der Waals surface area contributed by atoms with Gasteiger partial charge in [-0.1, -0.05) is 66.9 Å². The molecule has 0 saturated carbocycles. The van der Waals surface area contributed by atoms with Crippen molar-refractivity contribution in [3.8, 4) is 0 Å². The Labute approximate surface area is 232 Å². The molecule has 0 spiro atoms. The lowest BCUT2D eigenvalue weighted by molar-refractivity contribution is -0.132. The highest BCUT2D eigenvalue weighted by molar-refractivity contribution is 6.42. The van der Waals surface area contributed by atoms with E-state index >= 15 is 0 Å². The second-order valence-corrected chi connectivity index (χ2v) is 10.1. The van der Waals surface area contributed by atoms with E-state index in [1.54, 1.807) is 23.1 Å². The molecule has 1 N–H and O–H groups in total. The molecule has 38 heavy (non-hydrogen) atoms. The number of unbranched alkanes of at least 4 members (excludes halogenated alkanes) is 1. The number of para-hydroxylation sites is 1. The Bertz CT molecular complexity index is 1420. The third-order valence-corrected chi connectivity index (χ3v) is 7.24. The van der Waals surface area contributed by atoms with E-state index in [-0.39, 0.29) is 23.9 Å². The van der Waals surface area contributed by atoms with Gasteiger partial charge in [0.25, 0.3) is 5.91 Å². The number of nitrogens with one attached hydrogen (secondary N) is 1. The van der Waals surface area contributed by atoms with Crippen LogP contribution < -0.4 is 0 Å². The van der Waals surface area contributed by atoms with Gasteiger partial charge in [0.2, 0.25) is 5.91 Å². The van der Waals surface area contributed by atoms with Gasteiger partial charge in [0, 0.05) is 42.3 Å². The normalized spacial score (nSPS) is 11.1. The molecule has 0 atom stereocenters. The van der Waals surface area contributed by atoms with Crippen LogP contribution in [-0.4, -0.2) is 46.2 Å². The van der Waals surface area contributed by atoms with Crippen LogP contribution in [0, 0.1) is 5.82 Å². The molecule has 0 bridgehead atoms. The molecule has 4 rings (SSSR count). The van der Waals surface area contributed by atoms with E-state index in [9.17, 15) is 14.0 Å². The average Bonchev–Trinajstić information content (AvgIpc) is 3.33. The third kappa shape index (κ3) is 6.94. The Kier molecular flexibility index (Phi) is 9.43. The number of benzene rings is 3. The van der Waals surface area contributed by atoms with Gasteiger partial charge in [-0.2, -0.15) is 0 Å². The quantitative estimate of drug-likeness (QED) is 0.215. The Balaban J connectivity index is 1.56. The van der Waals surface area contributed by atoms with Gasteiger partial charge in [-0.3, -0.25) is 9.59 Å². The van der Waals surface area contributed by atoms with Gasteiger partial charge in [-0.25, -0.2) is 4.39 Å². The van der Waals surface area contributed by atoms with E-state index in [1.807, 2.05) is 37.4 Å². The number of hydrogen-bond donors (Lipinski definition) is 1. The molecular weight excluding hydrogens is 524 g/mol. The monoisotopic (exact) mass is 553 g/mol. The molecule has 1 aromatic heterocycles. The molecule has 3 aromatic carbocycles. The lowest BCUT2D eigenvalue weighted by Crippen LogP contribution is -2.43. The fourth-order valence-electron chi connectivity index (χ4n) is 4.41. The second kappa shape index (κ2) is 12.9. The van der Waals surface area contributed by atoms with Crippen molar-refractivity contribution in [1.29, 1.82) is 0 Å². The first-order valence-corrected chi connectivity index (χ1v) is 13.4. The van der Waals surface area contributed by atoms with Gasteiger partial charge in [0.05, 0.1) is 10.0 Å². The summed E-state index contributed by atoms with van der Waals surface area (Å²) in [7, 11) is 0. The van der Waals surface area contributed by atoms with E-state index in [1.165, 1.54) is 23.1 Å². The van der Waals surface area contributed by atoms with Crippen LogP contribution >= 0.6 is 23.2 Å². The number of hydrogen-bond acceptors (Lipinski definition) is 2. The topological polar surface area (TPSA) is 56.4 Å². The fourth-order valence-corrected chi connectivity index (χ4v) is 4.73. The maximum Gasteiger partial charge on any atom is 0.254 e. The summed E-state index contributed by atoms with van der Waals surface area (Å²) in [6.45, 7) is 3.07. The van der Waals surface area contributed by atoms with Gasteiger partial charge in [-0.05, 0) is 60.4 Å². The van der Waals surface area contributed by atoms with E-state index in [0.29, 0.717) is 36.1 Å². The summed E-state index contributed by atoms with van der Waals surface area (Å²) in [6.07, 6.45) is 4.18. The van der Waals surface area contributed by atoms with Crippen molar-refractivity contribution < 1.29 is 14.0 Å². The first kappa shape index (κ1) is 27.7. The van der Waals surface area contributed by atoms with Gasteiger partial charge >= 0.3 is 0 Å². The van der Waals surface area contributed by atoms with Crippen LogP contribution in [0.15, 0.2) is 72.9 Å². The fraction of sp³-hybridized carbons (Fsp3) is 0.267. The van der Waals surface area contributed by atoms with Crippen LogP contribution in [0.25, 0.3) is 10.9 Å². The number of carbonyl (C=O) groups excluding carboxylic acids is 2. The predicted octanol–water partition coefficient (Wildman–Crippen LogP) is 7.13. The molecule has 0 aliphatic rings. The summed E-state index contributed by atoms with van der Waals surface area (Å²) >= 11 is 12.3. The number of aromatic nitrogens is 1. The Hall–Kier alpha value is -3.35. The van der Waals surface area contributed by atoms with Crippen molar-refractivity contribution in [1.82, 2.24) is 14.8 Å². The summed E-state index contributed by atoms with van der Waals surface area (Å²) in [4.78, 5) is 33.5. The van der Waals surface area contributed by atoms with E-state index in [4.69, 9.17) is 23.2 Å². The molecule has 0 aliphatic carbocycles. The first-order chi connectivity index (χ1) is 18.4. The molecule has 2 amide bonds. The van der Waals surface area contributed by atoms with E-state index < -0.39 is 5.82 Å². The molecule has 0 radical (unpaired) electrons. The highest BCUT2D eigenvalue weighted by Gasteiger charge is 2.23. The first-order valence-electron chi connectivity index (χ1n) is 12.7. The van der Waals surface area contributed by atoms with E-state index in [2.05, 4.69) is 11.1 Å². The summed E-state index contributed by atoms with van der Waals surface area (Å²) < 4.78 is 13.8. The lowest BCUT2D eigenvalue weighted by atomic mass is 10.1. The van der Waals surface area contributed by atoms with Crippen molar-refractivity contribution in [3.05, 3.63) is 105 Å². The standard InChI is InChI=1S/C30H30Cl2FN3O2/c1-2-3-14-36(30(38)22-7-6-8-24(33)17-22)20-29(37)35(19-21-11-12-26(31)27(32)16-21)15-13-23-18-34-28-10-5-4-9-25(23)28/h4-12,16-18,34H,2-3,13-15,19-20H2,1H3. The highest BCUT2D eigenvalue weighted by Crippen LogP contribution is 2.24. The van der Waals surface area contributed by atoms with Gasteiger partial charge < -0.3 is 14.8 Å². The molecule has 0 aliphatic heterocycles. The molecule has 0 fully saturated rings. The molecule has 1 heterocycles. The predicted molar refractivity (Wildman–Crippen MR) is 151 cm³/mol. The number of halogens is 3. The lowest BCUT2D eigenvalue weighted by Gasteiger charge is -2.28. The molecule has 8 heteroatoms. The van der Waals surface area contributed by atoms with Crippen LogP contribution in [0.3, 0.4) is 0 Å². The largest absolute Gasteiger partial charge is 0.361 e. The molecule has 5 nitrogen and oxygen atoms in total. The minimum atomic E-state index is -0.488. The van der Waals surface area contributed by atoms with Crippen LogP contribution in [0.2, 0.25) is 10.0 Å². The maximum absolute atomic E-state index is 13.8. The van der Waals surface area contributed by atoms with Crippen molar-refractivity contribution in [2.45, 2.75) is 32.7 Å². The Morgan fingerprint density at radius 3 is 2.50 bits per heavy atom. The summed E-state index contributed by atoms with van der Waals surface area (Å²) in [5.74, 6) is -1.05. The molecular formula is C30H30Cl2FN3O2. The summed E-state index contributed by atoms with van der Waals surface area (Å²) in [5, 5.41) is 1.97. The third-order valence-electron chi connectivity index (χ3n) is 6.50. The number of H-pyrrole nitrogens is 1. The van der Waals surface area contributed by atoms with E-state index in [0.717, 1.165) is 34.9 Å². The van der Waals surface area contributed by atoms with Gasteiger partial charge in [0.1, 0.15) is 12.4 Å². The summed E-state index contributed by atoms with van der Waals surface area (Å²) in [6, 6.07) is 18.9. The Morgan fingerprint density at radius 2 is 1.74 bits per heavy atom. The Morgan fingerprint density at radius 1 is 0.921 bits per heavy atom. The van der Waals surface area contributed by atoms with Gasteiger partial charge in [-0.15, -0.1) is 0 Å². The average molecular weight is 554 g/mol. The molecule has 4 aromatic rings. The van der Waals surface area contributed by atoms with Crippen molar-refractivity contribution >= 4 is 45.9 Å². The number of fused-ring (bicyclic) bond motifs is 1. The number of rotatable bonds is 11. The number of nitrogens with zero attached hydrogens (tertiary/aromatic N) is 2. The molecule has 0 saturated heterocycles. The zero-order chi connectivity index (χ0) is 27.1. The smallest absolute Gasteiger partial charge is 0.254 e. The second-order valence-electron chi connectivity index (χ2n) is 9.26. The summed E-state index contributed by atoms with van der Waals surface area (Å²) in [5.41, 5.74) is 3.20. The number of carbonyl (C=O) groups is 2. The van der Waals surface area contributed by atoms with Gasteiger partial charge in [0.15, 0.2) is 0 Å². The minimum Gasteiger partial charge on any atom is -0.361 e. The minimum absolute atomic E-state index is 0.107. The van der Waals surface area contributed by atoms with Crippen molar-refractivity contribution in [2.75, 3.05) is 19.6 Å². The molecule has 0 unspecified atom stereocenters. The van der Waals surface area contributed by atoms with Crippen molar-refractivity contribution in [3.63, 3.8) is 0 Å². The van der Waals surface area contributed by atoms with Crippen molar-refractivity contribution in [2.24, 2.45) is 0 Å². The van der Waals surface area contributed by atoms with Crippen LogP contribution in [0.5, 0.6) is 0 Å². The number of amides is 2. The maximum atomic E-state index is 13.8. The SMILES string of the molecule is CCCCN(CC(=O)N(CCc1c[nH]c2ccccc12)Cc1ccc(Cl)c(Cl)c1)C(=O)c1cccc(F)c1. The highest BCUT2D eigenvalue weighted by atomic mass is 35.5. The zero-order valence-electron chi connectivity index (χ0n) is 21.2. The zero-order valence-corrected chi connectivity index (χ0v) is 22.7. The molecule has 198 valence electrons. The van der Waals surface area contributed by atoms with Crippen LogP contribution in [0.4, 0.5) is 4.39 Å². The van der Waals surface area contributed by atoms with Crippen LogP contribution in [0.1, 0.15) is 41.3 Å².